The van der Waals surface area contributed by atoms with Gasteiger partial charge in [0.15, 0.2) is 0 Å². The Morgan fingerprint density at radius 2 is 1.74 bits per heavy atom. The maximum Gasteiger partial charge on any atom is 0.409 e. The van der Waals surface area contributed by atoms with E-state index in [4.69, 9.17) is 9.47 Å². The van der Waals surface area contributed by atoms with Gasteiger partial charge in [0.1, 0.15) is 5.75 Å². The molecule has 0 atom stereocenters. The number of methoxy groups -OCH3 is 1. The van der Waals surface area contributed by atoms with Gasteiger partial charge < -0.3 is 19.3 Å². The van der Waals surface area contributed by atoms with E-state index in [9.17, 15) is 9.59 Å². The Kier molecular flexibility index (Phi) is 5.84. The molecule has 6 nitrogen and oxygen atoms in total. The first-order valence-electron chi connectivity index (χ1n) is 7.98. The first-order chi connectivity index (χ1) is 11.1. The highest BCUT2D eigenvalue weighted by Crippen LogP contribution is 2.22. The van der Waals surface area contributed by atoms with Gasteiger partial charge >= 0.3 is 6.09 Å². The summed E-state index contributed by atoms with van der Waals surface area (Å²) in [5.74, 6) is 0.528. The maximum absolute atomic E-state index is 12.8. The van der Waals surface area contributed by atoms with Crippen molar-refractivity contribution >= 4 is 12.0 Å². The Labute approximate surface area is 137 Å². The molecule has 1 aromatic carbocycles. The molecule has 2 rings (SSSR count). The zero-order valence-corrected chi connectivity index (χ0v) is 14.0. The summed E-state index contributed by atoms with van der Waals surface area (Å²) in [4.78, 5) is 27.9. The second kappa shape index (κ2) is 7.85. The molecule has 0 spiro atoms. The minimum atomic E-state index is -0.315. The van der Waals surface area contributed by atoms with Gasteiger partial charge in [-0.1, -0.05) is 13.0 Å². The van der Waals surface area contributed by atoms with Crippen LogP contribution in [0.4, 0.5) is 4.79 Å². The van der Waals surface area contributed by atoms with E-state index in [0.717, 1.165) is 12.0 Å². The number of piperazine rings is 1. The normalized spacial score (nSPS) is 14.6. The molecule has 126 valence electrons. The van der Waals surface area contributed by atoms with E-state index >= 15 is 0 Å². The van der Waals surface area contributed by atoms with Gasteiger partial charge in [0.2, 0.25) is 0 Å². The summed E-state index contributed by atoms with van der Waals surface area (Å²) in [6, 6.07) is 5.69. The number of rotatable bonds is 4. The molecular weight excluding hydrogens is 296 g/mol. The van der Waals surface area contributed by atoms with Crippen LogP contribution in [0.1, 0.15) is 29.8 Å². The Morgan fingerprint density at radius 3 is 2.30 bits per heavy atom. The average Bonchev–Trinajstić information content (AvgIpc) is 2.60. The standard InChI is InChI=1S/C17H24N2O4/c1-4-13-6-7-15(22-3)14(12-13)16(20)18-8-10-19(11-9-18)17(21)23-5-2/h6-7,12H,4-5,8-11H2,1-3H3. The highest BCUT2D eigenvalue weighted by atomic mass is 16.6. The number of amides is 2. The fourth-order valence-electron chi connectivity index (χ4n) is 2.62. The van der Waals surface area contributed by atoms with Crippen molar-refractivity contribution < 1.29 is 19.1 Å². The van der Waals surface area contributed by atoms with Crippen LogP contribution in [0.5, 0.6) is 5.75 Å². The largest absolute Gasteiger partial charge is 0.496 e. The van der Waals surface area contributed by atoms with E-state index in [-0.39, 0.29) is 12.0 Å². The van der Waals surface area contributed by atoms with Crippen LogP contribution in [-0.2, 0) is 11.2 Å². The molecule has 1 saturated heterocycles. The lowest BCUT2D eigenvalue weighted by atomic mass is 10.1. The third-order valence-corrected chi connectivity index (χ3v) is 4.00. The molecule has 2 amide bonds. The number of hydrogen-bond donors (Lipinski definition) is 0. The molecule has 1 fully saturated rings. The summed E-state index contributed by atoms with van der Waals surface area (Å²) in [7, 11) is 1.57. The molecule has 0 unspecified atom stereocenters. The fraction of sp³-hybridized carbons (Fsp3) is 0.529. The monoisotopic (exact) mass is 320 g/mol. The smallest absolute Gasteiger partial charge is 0.409 e. The van der Waals surface area contributed by atoms with Crippen LogP contribution in [0.2, 0.25) is 0 Å². The van der Waals surface area contributed by atoms with Crippen LogP contribution in [-0.4, -0.2) is 61.7 Å². The van der Waals surface area contributed by atoms with Gasteiger partial charge in [-0.25, -0.2) is 4.79 Å². The van der Waals surface area contributed by atoms with Gasteiger partial charge in [-0.3, -0.25) is 4.79 Å². The van der Waals surface area contributed by atoms with Crippen molar-refractivity contribution in [3.05, 3.63) is 29.3 Å². The minimum absolute atomic E-state index is 0.0549. The molecule has 1 aliphatic rings. The average molecular weight is 320 g/mol. The zero-order valence-electron chi connectivity index (χ0n) is 14.0. The van der Waals surface area contributed by atoms with Gasteiger partial charge in [-0.05, 0) is 31.0 Å². The third kappa shape index (κ3) is 3.94. The van der Waals surface area contributed by atoms with E-state index in [1.54, 1.807) is 23.8 Å². The lowest BCUT2D eigenvalue weighted by Gasteiger charge is -2.34. The Morgan fingerprint density at radius 1 is 1.09 bits per heavy atom. The highest BCUT2D eigenvalue weighted by Gasteiger charge is 2.27. The van der Waals surface area contributed by atoms with Crippen molar-refractivity contribution in [1.82, 2.24) is 9.80 Å². The fourth-order valence-corrected chi connectivity index (χ4v) is 2.62. The molecule has 0 aromatic heterocycles. The lowest BCUT2D eigenvalue weighted by Crippen LogP contribution is -2.50. The van der Waals surface area contributed by atoms with E-state index in [1.165, 1.54) is 0 Å². The second-order valence-electron chi connectivity index (χ2n) is 5.37. The SMILES string of the molecule is CCOC(=O)N1CCN(C(=O)c2cc(CC)ccc2OC)CC1. The molecule has 0 bridgehead atoms. The van der Waals surface area contributed by atoms with Crippen LogP contribution in [0.25, 0.3) is 0 Å². The van der Waals surface area contributed by atoms with Crippen molar-refractivity contribution in [2.75, 3.05) is 39.9 Å². The van der Waals surface area contributed by atoms with Gasteiger partial charge in [-0.15, -0.1) is 0 Å². The molecule has 0 radical (unpaired) electrons. The van der Waals surface area contributed by atoms with Crippen LogP contribution in [0.15, 0.2) is 18.2 Å². The van der Waals surface area contributed by atoms with Crippen LogP contribution < -0.4 is 4.74 Å². The van der Waals surface area contributed by atoms with E-state index in [0.29, 0.717) is 44.1 Å². The molecular formula is C17H24N2O4. The summed E-state index contributed by atoms with van der Waals surface area (Å²) in [6.45, 7) is 6.16. The van der Waals surface area contributed by atoms with Crippen LogP contribution in [0, 0.1) is 0 Å². The number of carbonyl (C=O) groups is 2. The second-order valence-corrected chi connectivity index (χ2v) is 5.37. The summed E-state index contributed by atoms with van der Waals surface area (Å²) >= 11 is 0. The van der Waals surface area contributed by atoms with Gasteiger partial charge in [0.25, 0.3) is 5.91 Å². The van der Waals surface area contributed by atoms with Gasteiger partial charge in [-0.2, -0.15) is 0 Å². The van der Waals surface area contributed by atoms with Crippen molar-refractivity contribution in [3.63, 3.8) is 0 Å². The predicted molar refractivity (Wildman–Crippen MR) is 86.9 cm³/mol. The lowest BCUT2D eigenvalue weighted by molar-refractivity contribution is 0.0568. The molecule has 23 heavy (non-hydrogen) atoms. The highest BCUT2D eigenvalue weighted by molar-refractivity contribution is 5.97. The van der Waals surface area contributed by atoms with E-state index in [2.05, 4.69) is 0 Å². The Hall–Kier alpha value is -2.24. The van der Waals surface area contributed by atoms with Crippen molar-refractivity contribution in [1.29, 1.82) is 0 Å². The van der Waals surface area contributed by atoms with E-state index < -0.39 is 0 Å². The quantitative estimate of drug-likeness (QED) is 0.853. The summed E-state index contributed by atoms with van der Waals surface area (Å²) < 4.78 is 10.3. The van der Waals surface area contributed by atoms with Crippen molar-refractivity contribution in [2.24, 2.45) is 0 Å². The predicted octanol–water partition coefficient (Wildman–Crippen LogP) is 2.17. The van der Waals surface area contributed by atoms with Gasteiger partial charge in [0, 0.05) is 26.2 Å². The first kappa shape index (κ1) is 17.1. The molecule has 0 aliphatic carbocycles. The van der Waals surface area contributed by atoms with E-state index in [1.807, 2.05) is 25.1 Å². The minimum Gasteiger partial charge on any atom is -0.496 e. The Balaban J connectivity index is 2.06. The molecule has 1 aliphatic heterocycles. The molecule has 0 saturated carbocycles. The topological polar surface area (TPSA) is 59.1 Å². The summed E-state index contributed by atoms with van der Waals surface area (Å²) in [6.07, 6.45) is 0.547. The number of nitrogens with zero attached hydrogens (tertiary/aromatic N) is 2. The van der Waals surface area contributed by atoms with Crippen LogP contribution >= 0.6 is 0 Å². The molecule has 0 N–H and O–H groups in total. The number of hydrogen-bond acceptors (Lipinski definition) is 4. The number of carbonyl (C=O) groups excluding carboxylic acids is 2. The van der Waals surface area contributed by atoms with Crippen molar-refractivity contribution in [3.8, 4) is 5.75 Å². The third-order valence-electron chi connectivity index (χ3n) is 4.00. The number of ether oxygens (including phenoxy) is 2. The Bertz CT molecular complexity index is 566. The maximum atomic E-state index is 12.8. The van der Waals surface area contributed by atoms with Crippen molar-refractivity contribution in [2.45, 2.75) is 20.3 Å². The summed E-state index contributed by atoms with van der Waals surface area (Å²) in [5.41, 5.74) is 1.68. The first-order valence-corrected chi connectivity index (χ1v) is 7.98. The molecule has 1 aromatic rings. The molecule has 6 heteroatoms. The van der Waals surface area contributed by atoms with Crippen LogP contribution in [0.3, 0.4) is 0 Å². The number of benzene rings is 1. The summed E-state index contributed by atoms with van der Waals surface area (Å²) in [5, 5.41) is 0. The number of aryl methyl sites for hydroxylation is 1. The van der Waals surface area contributed by atoms with Gasteiger partial charge in [0.05, 0.1) is 19.3 Å². The molecule has 1 heterocycles. The zero-order chi connectivity index (χ0) is 16.8.